The van der Waals surface area contributed by atoms with Crippen molar-refractivity contribution < 1.29 is 9.53 Å². The molecule has 1 aliphatic heterocycles. The molecule has 5 rings (SSSR count). The molecule has 0 fully saturated rings. The molecule has 1 aliphatic rings. The van der Waals surface area contributed by atoms with Crippen LogP contribution < -0.4 is 10.6 Å². The Bertz CT molecular complexity index is 1290. The van der Waals surface area contributed by atoms with Gasteiger partial charge in [-0.3, -0.25) is 0 Å². The van der Waals surface area contributed by atoms with E-state index in [0.29, 0.717) is 16.4 Å². The Balaban J connectivity index is 1.84. The normalized spacial score (nSPS) is 17.2. The third-order valence-corrected chi connectivity index (χ3v) is 5.77. The first-order chi connectivity index (χ1) is 13.6. The Morgan fingerprint density at radius 3 is 2.32 bits per heavy atom. The van der Waals surface area contributed by atoms with E-state index >= 15 is 0 Å². The summed E-state index contributed by atoms with van der Waals surface area (Å²) in [4.78, 5) is 12.5. The third-order valence-electron chi connectivity index (χ3n) is 5.55. The van der Waals surface area contributed by atoms with Gasteiger partial charge in [-0.25, -0.2) is 4.79 Å². The number of esters is 1. The van der Waals surface area contributed by atoms with Crippen molar-refractivity contribution in [2.24, 2.45) is 0 Å². The van der Waals surface area contributed by atoms with E-state index in [1.54, 1.807) is 0 Å². The van der Waals surface area contributed by atoms with Crippen molar-refractivity contribution in [2.75, 3.05) is 7.11 Å². The van der Waals surface area contributed by atoms with Gasteiger partial charge in [0.1, 0.15) is 0 Å². The van der Waals surface area contributed by atoms with E-state index in [9.17, 15) is 4.79 Å². The first kappa shape index (κ1) is 17.0. The highest BCUT2D eigenvalue weighted by Crippen LogP contribution is 2.39. The zero-order valence-electron chi connectivity index (χ0n) is 15.5. The molecular formula is C23H18N2O2S. The van der Waals surface area contributed by atoms with Gasteiger partial charge >= 0.3 is 5.97 Å². The van der Waals surface area contributed by atoms with Crippen molar-refractivity contribution >= 4 is 55.6 Å². The summed E-state index contributed by atoms with van der Waals surface area (Å²) in [6.07, 6.45) is 0. The van der Waals surface area contributed by atoms with E-state index in [0.717, 1.165) is 10.9 Å². The molecule has 0 bridgehead atoms. The molecule has 0 aromatic heterocycles. The number of thiocarbonyl (C=S) groups is 1. The fourth-order valence-corrected chi connectivity index (χ4v) is 4.59. The van der Waals surface area contributed by atoms with Crippen LogP contribution in [0.15, 0.2) is 65.9 Å². The van der Waals surface area contributed by atoms with Gasteiger partial charge in [0.25, 0.3) is 0 Å². The van der Waals surface area contributed by atoms with Crippen LogP contribution in [0.3, 0.4) is 0 Å². The van der Waals surface area contributed by atoms with Crippen LogP contribution >= 0.6 is 12.2 Å². The first-order valence-corrected chi connectivity index (χ1v) is 9.52. The van der Waals surface area contributed by atoms with Crippen molar-refractivity contribution in [1.29, 1.82) is 0 Å². The molecule has 1 atom stereocenters. The lowest BCUT2D eigenvalue weighted by atomic mass is 9.87. The largest absolute Gasteiger partial charge is 0.466 e. The van der Waals surface area contributed by atoms with E-state index < -0.39 is 0 Å². The van der Waals surface area contributed by atoms with Crippen molar-refractivity contribution in [1.82, 2.24) is 10.6 Å². The van der Waals surface area contributed by atoms with E-state index in [4.69, 9.17) is 17.0 Å². The molecule has 0 saturated carbocycles. The summed E-state index contributed by atoms with van der Waals surface area (Å²) < 4.78 is 5.05. The van der Waals surface area contributed by atoms with Crippen molar-refractivity contribution in [3.05, 3.63) is 71.4 Å². The standard InChI is InChI=1S/C23H18N2O2S/c1-12-18(22(26)27-2)21(25-23(28)24-12)17-11-9-15-7-6-13-4-3-5-14-8-10-16(17)20(15)19(13)14/h3-11,21H,1-2H3,(H2,24,25,28). The fraction of sp³-hybridized carbons (Fsp3) is 0.130. The van der Waals surface area contributed by atoms with Gasteiger partial charge < -0.3 is 15.4 Å². The number of hydrogen-bond donors (Lipinski definition) is 2. The molecule has 1 unspecified atom stereocenters. The first-order valence-electron chi connectivity index (χ1n) is 9.11. The summed E-state index contributed by atoms with van der Waals surface area (Å²) >= 11 is 5.37. The van der Waals surface area contributed by atoms with Gasteiger partial charge in [0.05, 0.1) is 18.7 Å². The number of allylic oxidation sites excluding steroid dienone is 1. The van der Waals surface area contributed by atoms with Crippen molar-refractivity contribution in [3.8, 4) is 0 Å². The van der Waals surface area contributed by atoms with Gasteiger partial charge in [0.2, 0.25) is 0 Å². The van der Waals surface area contributed by atoms with Crippen LogP contribution in [0.5, 0.6) is 0 Å². The summed E-state index contributed by atoms with van der Waals surface area (Å²) in [5.41, 5.74) is 2.27. The Morgan fingerprint density at radius 1 is 0.964 bits per heavy atom. The number of carbonyl (C=O) groups is 1. The summed E-state index contributed by atoms with van der Waals surface area (Å²) in [6.45, 7) is 1.85. The maximum Gasteiger partial charge on any atom is 0.337 e. The number of benzene rings is 4. The highest BCUT2D eigenvalue weighted by Gasteiger charge is 2.31. The lowest BCUT2D eigenvalue weighted by molar-refractivity contribution is -0.136. The van der Waals surface area contributed by atoms with E-state index in [1.807, 2.05) is 6.92 Å². The minimum Gasteiger partial charge on any atom is -0.466 e. The Labute approximate surface area is 167 Å². The molecule has 4 aromatic carbocycles. The Kier molecular flexibility index (Phi) is 3.74. The molecule has 4 aromatic rings. The summed E-state index contributed by atoms with van der Waals surface area (Å²) in [5.74, 6) is -0.365. The monoisotopic (exact) mass is 386 g/mol. The average molecular weight is 386 g/mol. The van der Waals surface area contributed by atoms with Crippen LogP contribution in [0, 0.1) is 0 Å². The smallest absolute Gasteiger partial charge is 0.337 e. The van der Waals surface area contributed by atoms with E-state index in [-0.39, 0.29) is 12.0 Å². The summed E-state index contributed by atoms with van der Waals surface area (Å²) in [7, 11) is 1.40. The van der Waals surface area contributed by atoms with E-state index in [2.05, 4.69) is 65.2 Å². The Hall–Kier alpha value is -3.18. The van der Waals surface area contributed by atoms with Crippen LogP contribution in [0.25, 0.3) is 32.3 Å². The number of rotatable bonds is 2. The number of ether oxygens (including phenoxy) is 1. The molecule has 0 radical (unpaired) electrons. The predicted molar refractivity (Wildman–Crippen MR) is 116 cm³/mol. The molecule has 0 spiro atoms. The van der Waals surface area contributed by atoms with Gasteiger partial charge in [-0.05, 0) is 57.0 Å². The number of carbonyl (C=O) groups excluding carboxylic acids is 1. The highest BCUT2D eigenvalue weighted by atomic mass is 32.1. The molecule has 0 aliphatic carbocycles. The molecule has 2 N–H and O–H groups in total. The van der Waals surface area contributed by atoms with E-state index in [1.165, 1.54) is 34.0 Å². The van der Waals surface area contributed by atoms with Gasteiger partial charge in [-0.2, -0.15) is 0 Å². The van der Waals surface area contributed by atoms with Gasteiger partial charge in [-0.15, -0.1) is 0 Å². The lowest BCUT2D eigenvalue weighted by Crippen LogP contribution is -2.45. The van der Waals surface area contributed by atoms with Crippen LogP contribution in [0.2, 0.25) is 0 Å². The molecule has 5 heteroatoms. The van der Waals surface area contributed by atoms with Gasteiger partial charge in [-0.1, -0.05) is 54.6 Å². The van der Waals surface area contributed by atoms with Crippen molar-refractivity contribution in [2.45, 2.75) is 13.0 Å². The molecule has 1 heterocycles. The van der Waals surface area contributed by atoms with Crippen LogP contribution in [-0.4, -0.2) is 18.2 Å². The second-order valence-corrected chi connectivity index (χ2v) is 7.48. The number of hydrogen-bond acceptors (Lipinski definition) is 3. The van der Waals surface area contributed by atoms with Crippen LogP contribution in [-0.2, 0) is 9.53 Å². The highest BCUT2D eigenvalue weighted by molar-refractivity contribution is 7.80. The van der Waals surface area contributed by atoms with Gasteiger partial charge in [0.15, 0.2) is 5.11 Å². The third kappa shape index (κ3) is 2.36. The molecule has 0 amide bonds. The SMILES string of the molecule is COC(=O)C1=C(C)NC(=S)NC1c1ccc2ccc3cccc4ccc1c2c34. The zero-order chi connectivity index (χ0) is 19.4. The lowest BCUT2D eigenvalue weighted by Gasteiger charge is -2.30. The maximum atomic E-state index is 12.5. The molecule has 0 saturated heterocycles. The quantitative estimate of drug-likeness (QED) is 0.301. The minimum atomic E-state index is -0.370. The average Bonchev–Trinajstić information content (AvgIpc) is 2.71. The molecule has 4 nitrogen and oxygen atoms in total. The van der Waals surface area contributed by atoms with Gasteiger partial charge in [0, 0.05) is 5.70 Å². The maximum absolute atomic E-state index is 12.5. The topological polar surface area (TPSA) is 50.4 Å². The molecule has 28 heavy (non-hydrogen) atoms. The van der Waals surface area contributed by atoms with Crippen molar-refractivity contribution in [3.63, 3.8) is 0 Å². The summed E-state index contributed by atoms with van der Waals surface area (Å²) in [6, 6.07) is 18.7. The fourth-order valence-electron chi connectivity index (χ4n) is 4.32. The molecular weight excluding hydrogens is 368 g/mol. The zero-order valence-corrected chi connectivity index (χ0v) is 16.3. The minimum absolute atomic E-state index is 0.365. The number of methoxy groups -OCH3 is 1. The molecule has 138 valence electrons. The van der Waals surface area contributed by atoms with Crippen LogP contribution in [0.4, 0.5) is 0 Å². The number of nitrogens with one attached hydrogen (secondary N) is 2. The second kappa shape index (κ2) is 6.17. The van der Waals surface area contributed by atoms with Crippen LogP contribution in [0.1, 0.15) is 18.5 Å². The summed E-state index contributed by atoms with van der Waals surface area (Å²) in [5, 5.41) is 14.0. The Morgan fingerprint density at radius 2 is 1.61 bits per heavy atom. The second-order valence-electron chi connectivity index (χ2n) is 7.07. The predicted octanol–water partition coefficient (Wildman–Crippen LogP) is 4.55.